The molecule has 3 rings (SSSR count). The minimum Gasteiger partial charge on any atom is -0.407 e. The molecule has 0 fully saturated rings. The summed E-state index contributed by atoms with van der Waals surface area (Å²) in [5.74, 6) is 0.814. The molecule has 0 saturated carbocycles. The fraction of sp³-hybridized carbons (Fsp3) is 0.318. The average molecular weight is 363 g/mol. The van der Waals surface area contributed by atoms with Gasteiger partial charge in [0.15, 0.2) is 0 Å². The number of carbonyl (C=O) groups is 1. The fourth-order valence-electron chi connectivity index (χ4n) is 2.95. The Bertz CT molecular complexity index is 927. The number of amides is 1. The predicted molar refractivity (Wildman–Crippen MR) is 106 cm³/mol. The Labute approximate surface area is 159 Å². The van der Waals surface area contributed by atoms with E-state index in [1.54, 1.807) is 0 Å². The molecule has 5 heteroatoms. The summed E-state index contributed by atoms with van der Waals surface area (Å²) in [6, 6.07) is 14.5. The van der Waals surface area contributed by atoms with Crippen molar-refractivity contribution in [1.29, 1.82) is 0 Å². The number of nitrogens with one attached hydrogen (secondary N) is 1. The van der Waals surface area contributed by atoms with Crippen molar-refractivity contribution in [2.45, 2.75) is 46.5 Å². The maximum atomic E-state index is 12.2. The van der Waals surface area contributed by atoms with E-state index in [0.29, 0.717) is 18.2 Å². The topological polar surface area (TPSA) is 68.0 Å². The fourth-order valence-corrected chi connectivity index (χ4v) is 2.95. The number of aryl methyl sites for hydroxylation is 2. The lowest BCUT2D eigenvalue weighted by Gasteiger charge is -2.06. The van der Waals surface area contributed by atoms with Gasteiger partial charge >= 0.3 is 6.01 Å². The van der Waals surface area contributed by atoms with Crippen LogP contribution in [0.2, 0.25) is 0 Å². The Morgan fingerprint density at radius 2 is 1.81 bits per heavy atom. The third-order valence-electron chi connectivity index (χ3n) is 4.56. The van der Waals surface area contributed by atoms with Crippen LogP contribution in [0, 0.1) is 13.8 Å². The van der Waals surface area contributed by atoms with Crippen molar-refractivity contribution < 1.29 is 9.21 Å². The zero-order valence-electron chi connectivity index (χ0n) is 16.2. The van der Waals surface area contributed by atoms with E-state index in [0.717, 1.165) is 16.7 Å². The van der Waals surface area contributed by atoms with Gasteiger partial charge in [0.05, 0.1) is 12.8 Å². The van der Waals surface area contributed by atoms with E-state index < -0.39 is 0 Å². The number of hydrogen-bond acceptors (Lipinski definition) is 4. The van der Waals surface area contributed by atoms with E-state index in [4.69, 9.17) is 4.42 Å². The summed E-state index contributed by atoms with van der Waals surface area (Å²) in [6.45, 7) is 8.37. The average Bonchev–Trinajstić information content (AvgIpc) is 3.04. The van der Waals surface area contributed by atoms with Crippen LogP contribution in [-0.4, -0.2) is 16.1 Å². The molecule has 0 bridgehead atoms. The molecule has 3 aromatic rings. The molecule has 0 aliphatic heterocycles. The van der Waals surface area contributed by atoms with Crippen molar-refractivity contribution in [2.24, 2.45) is 0 Å². The van der Waals surface area contributed by atoms with Crippen LogP contribution in [0.3, 0.4) is 0 Å². The first-order valence-corrected chi connectivity index (χ1v) is 9.18. The summed E-state index contributed by atoms with van der Waals surface area (Å²) >= 11 is 0. The first kappa shape index (κ1) is 18.8. The van der Waals surface area contributed by atoms with Crippen LogP contribution < -0.4 is 5.32 Å². The lowest BCUT2D eigenvalue weighted by molar-refractivity contribution is -0.115. The molecule has 1 heterocycles. The molecule has 5 nitrogen and oxygen atoms in total. The zero-order chi connectivity index (χ0) is 19.4. The summed E-state index contributed by atoms with van der Waals surface area (Å²) in [4.78, 5) is 12.2. The highest BCUT2D eigenvalue weighted by molar-refractivity contribution is 5.90. The Morgan fingerprint density at radius 1 is 1.07 bits per heavy atom. The quantitative estimate of drug-likeness (QED) is 0.696. The third kappa shape index (κ3) is 5.03. The monoisotopic (exact) mass is 363 g/mol. The van der Waals surface area contributed by atoms with E-state index in [2.05, 4.69) is 59.7 Å². The SMILES string of the molecule is Cc1ccc(CC(=O)Nc2nnc(Cc3ccc(C(C)C)cc3)o2)c(C)c1. The van der Waals surface area contributed by atoms with E-state index >= 15 is 0 Å². The molecule has 0 aliphatic rings. The summed E-state index contributed by atoms with van der Waals surface area (Å²) in [7, 11) is 0. The van der Waals surface area contributed by atoms with Crippen LogP contribution in [0.4, 0.5) is 6.01 Å². The molecule has 140 valence electrons. The van der Waals surface area contributed by atoms with Crippen molar-refractivity contribution in [3.05, 3.63) is 76.2 Å². The minimum absolute atomic E-state index is 0.138. The van der Waals surface area contributed by atoms with Crippen molar-refractivity contribution in [3.8, 4) is 0 Å². The normalized spacial score (nSPS) is 11.0. The zero-order valence-corrected chi connectivity index (χ0v) is 16.2. The predicted octanol–water partition coefficient (Wildman–Crippen LogP) is 4.58. The summed E-state index contributed by atoms with van der Waals surface area (Å²) < 4.78 is 5.57. The van der Waals surface area contributed by atoms with Gasteiger partial charge in [-0.05, 0) is 42.0 Å². The highest BCUT2D eigenvalue weighted by Crippen LogP contribution is 2.17. The van der Waals surface area contributed by atoms with Crippen LogP contribution in [-0.2, 0) is 17.6 Å². The number of nitrogens with zero attached hydrogens (tertiary/aromatic N) is 2. The molecule has 1 amide bonds. The molecular formula is C22H25N3O2. The highest BCUT2D eigenvalue weighted by Gasteiger charge is 2.12. The molecule has 0 spiro atoms. The number of carbonyl (C=O) groups excluding carboxylic acids is 1. The molecule has 27 heavy (non-hydrogen) atoms. The van der Waals surface area contributed by atoms with Gasteiger partial charge in [-0.3, -0.25) is 10.1 Å². The largest absolute Gasteiger partial charge is 0.407 e. The highest BCUT2D eigenvalue weighted by atomic mass is 16.4. The maximum Gasteiger partial charge on any atom is 0.322 e. The standard InChI is InChI=1S/C22H25N3O2/c1-14(2)18-9-6-17(7-10-18)12-21-24-25-22(27-21)23-20(26)13-19-8-5-15(3)11-16(19)4/h5-11,14H,12-13H2,1-4H3,(H,23,25,26). The molecule has 1 N–H and O–H groups in total. The second-order valence-electron chi connectivity index (χ2n) is 7.23. The van der Waals surface area contributed by atoms with E-state index in [-0.39, 0.29) is 18.3 Å². The lowest BCUT2D eigenvalue weighted by atomic mass is 10.0. The van der Waals surface area contributed by atoms with Gasteiger partial charge < -0.3 is 4.42 Å². The second kappa shape index (κ2) is 8.16. The number of aromatic nitrogens is 2. The van der Waals surface area contributed by atoms with Crippen LogP contribution in [0.1, 0.15) is 53.5 Å². The molecule has 0 unspecified atom stereocenters. The van der Waals surface area contributed by atoms with Crippen LogP contribution in [0.15, 0.2) is 46.9 Å². The molecule has 1 aromatic heterocycles. The smallest absolute Gasteiger partial charge is 0.322 e. The summed E-state index contributed by atoms with van der Waals surface area (Å²) in [5, 5.41) is 10.6. The van der Waals surface area contributed by atoms with E-state index in [9.17, 15) is 4.79 Å². The maximum absolute atomic E-state index is 12.2. The number of benzene rings is 2. The molecule has 2 aromatic carbocycles. The molecule has 0 saturated heterocycles. The third-order valence-corrected chi connectivity index (χ3v) is 4.56. The first-order chi connectivity index (χ1) is 12.9. The van der Waals surface area contributed by atoms with Crippen LogP contribution in [0.25, 0.3) is 0 Å². The van der Waals surface area contributed by atoms with Gasteiger partial charge in [0.1, 0.15) is 0 Å². The minimum atomic E-state index is -0.168. The van der Waals surface area contributed by atoms with Crippen molar-refractivity contribution in [2.75, 3.05) is 5.32 Å². The van der Waals surface area contributed by atoms with Gasteiger partial charge in [0, 0.05) is 0 Å². The van der Waals surface area contributed by atoms with Crippen molar-refractivity contribution in [3.63, 3.8) is 0 Å². The number of hydrogen-bond donors (Lipinski definition) is 1. The van der Waals surface area contributed by atoms with Gasteiger partial charge in [-0.1, -0.05) is 67.0 Å². The Morgan fingerprint density at radius 3 is 2.48 bits per heavy atom. The second-order valence-corrected chi connectivity index (χ2v) is 7.23. The van der Waals surface area contributed by atoms with Crippen LogP contribution in [0.5, 0.6) is 0 Å². The number of rotatable bonds is 6. The van der Waals surface area contributed by atoms with Gasteiger partial charge in [-0.2, -0.15) is 0 Å². The molecular weight excluding hydrogens is 338 g/mol. The molecule has 0 aliphatic carbocycles. The molecule has 0 radical (unpaired) electrons. The van der Waals surface area contributed by atoms with Crippen LogP contribution >= 0.6 is 0 Å². The number of anilines is 1. The molecule has 0 atom stereocenters. The van der Waals surface area contributed by atoms with Crippen molar-refractivity contribution >= 4 is 11.9 Å². The lowest BCUT2D eigenvalue weighted by Crippen LogP contribution is -2.15. The Kier molecular flexibility index (Phi) is 5.69. The Hall–Kier alpha value is -2.95. The van der Waals surface area contributed by atoms with E-state index in [1.165, 1.54) is 11.1 Å². The Balaban J connectivity index is 1.59. The van der Waals surface area contributed by atoms with Gasteiger partial charge in [-0.15, -0.1) is 5.10 Å². The summed E-state index contributed by atoms with van der Waals surface area (Å²) in [5.41, 5.74) is 5.66. The van der Waals surface area contributed by atoms with Gasteiger partial charge in [-0.25, -0.2) is 0 Å². The van der Waals surface area contributed by atoms with Gasteiger partial charge in [0.25, 0.3) is 0 Å². The first-order valence-electron chi connectivity index (χ1n) is 9.18. The summed E-state index contributed by atoms with van der Waals surface area (Å²) in [6.07, 6.45) is 0.818. The van der Waals surface area contributed by atoms with Crippen molar-refractivity contribution in [1.82, 2.24) is 10.2 Å². The van der Waals surface area contributed by atoms with Gasteiger partial charge in [0.2, 0.25) is 11.8 Å². The van der Waals surface area contributed by atoms with E-state index in [1.807, 2.05) is 26.0 Å².